The molecule has 1 aliphatic rings. The molecule has 2 heterocycles. The Hall–Kier alpha value is -1.27. The van der Waals surface area contributed by atoms with Crippen LogP contribution in [0.3, 0.4) is 0 Å². The van der Waals surface area contributed by atoms with Crippen LogP contribution in [0.4, 0.5) is 0 Å². The number of amides is 1. The van der Waals surface area contributed by atoms with Gasteiger partial charge in [-0.3, -0.25) is 4.79 Å². The molecule has 5 nitrogen and oxygen atoms in total. The maximum absolute atomic E-state index is 11.9. The smallest absolute Gasteiger partial charge is 0.255 e. The number of aliphatic hydroxyl groups excluding tert-OH is 1. The molecule has 19 heavy (non-hydrogen) atoms. The summed E-state index contributed by atoms with van der Waals surface area (Å²) in [6.07, 6.45) is 2.80. The molecule has 0 saturated carbocycles. The van der Waals surface area contributed by atoms with Gasteiger partial charge in [-0.05, 0) is 18.2 Å². The molecule has 0 bridgehead atoms. The van der Waals surface area contributed by atoms with Crippen molar-refractivity contribution >= 4 is 17.7 Å². The quantitative estimate of drug-likeness (QED) is 0.874. The zero-order valence-corrected chi connectivity index (χ0v) is 11.7. The van der Waals surface area contributed by atoms with E-state index in [0.29, 0.717) is 18.0 Å². The van der Waals surface area contributed by atoms with Crippen LogP contribution in [0.2, 0.25) is 0 Å². The summed E-state index contributed by atoms with van der Waals surface area (Å²) in [6, 6.07) is 3.43. The van der Waals surface area contributed by atoms with E-state index in [4.69, 9.17) is 9.84 Å². The van der Waals surface area contributed by atoms with Gasteiger partial charge in [0.25, 0.3) is 5.91 Å². The fraction of sp³-hybridized carbons (Fsp3) is 0.538. The molecule has 1 aromatic rings. The van der Waals surface area contributed by atoms with Crippen LogP contribution < -0.4 is 4.74 Å². The Morgan fingerprint density at radius 2 is 2.47 bits per heavy atom. The number of carbonyl (C=O) groups excluding carboxylic acids is 1. The molecule has 6 heteroatoms. The van der Waals surface area contributed by atoms with Crippen molar-refractivity contribution in [3.05, 3.63) is 23.9 Å². The second-order valence-electron chi connectivity index (χ2n) is 4.44. The van der Waals surface area contributed by atoms with Gasteiger partial charge in [-0.25, -0.2) is 4.98 Å². The fourth-order valence-corrected chi connectivity index (χ4v) is 2.92. The van der Waals surface area contributed by atoms with Crippen LogP contribution in [0.5, 0.6) is 5.88 Å². The van der Waals surface area contributed by atoms with Crippen molar-refractivity contribution in [2.24, 2.45) is 0 Å². The molecule has 104 valence electrons. The van der Waals surface area contributed by atoms with Crippen molar-refractivity contribution in [3.8, 4) is 5.88 Å². The third-order valence-electron chi connectivity index (χ3n) is 2.94. The van der Waals surface area contributed by atoms with Crippen molar-refractivity contribution in [2.45, 2.75) is 12.5 Å². The molecule has 0 spiro atoms. The number of hydrogen-bond acceptors (Lipinski definition) is 5. The maximum atomic E-state index is 11.9. The van der Waals surface area contributed by atoms with Crippen LogP contribution in [0, 0.1) is 0 Å². The molecule has 1 aliphatic heterocycles. The Balaban J connectivity index is 1.95. The van der Waals surface area contributed by atoms with Gasteiger partial charge in [0.15, 0.2) is 0 Å². The number of thioether (sulfide) groups is 1. The SMILES string of the molecule is CN(CCO)C(=O)c1ccc(OC2CCSC2)nc1. The summed E-state index contributed by atoms with van der Waals surface area (Å²) < 4.78 is 5.72. The number of nitrogens with zero attached hydrogens (tertiary/aromatic N) is 2. The molecule has 1 unspecified atom stereocenters. The van der Waals surface area contributed by atoms with Gasteiger partial charge < -0.3 is 14.7 Å². The summed E-state index contributed by atoms with van der Waals surface area (Å²) in [5.41, 5.74) is 0.504. The van der Waals surface area contributed by atoms with E-state index < -0.39 is 0 Å². The third-order valence-corrected chi connectivity index (χ3v) is 4.07. The van der Waals surface area contributed by atoms with E-state index in [0.717, 1.165) is 17.9 Å². The number of pyridine rings is 1. The predicted octanol–water partition coefficient (Wildman–Crippen LogP) is 1.03. The standard InChI is InChI=1S/C13H18N2O3S/c1-15(5-6-16)13(17)10-2-3-12(14-8-10)18-11-4-7-19-9-11/h2-3,8,11,16H,4-7,9H2,1H3. The Labute approximate surface area is 117 Å². The maximum Gasteiger partial charge on any atom is 0.255 e. The van der Waals surface area contributed by atoms with Gasteiger partial charge in [-0.15, -0.1) is 0 Å². The summed E-state index contributed by atoms with van der Waals surface area (Å²) in [6.45, 7) is 0.270. The molecular weight excluding hydrogens is 264 g/mol. The molecule has 0 aromatic carbocycles. The van der Waals surface area contributed by atoms with E-state index in [1.54, 1.807) is 19.2 Å². The van der Waals surface area contributed by atoms with Crippen LogP contribution in [0.25, 0.3) is 0 Å². The molecule has 1 amide bonds. The number of hydrogen-bond donors (Lipinski definition) is 1. The number of likely N-dealkylation sites (N-methyl/N-ethyl adjacent to an activating group) is 1. The summed E-state index contributed by atoms with van der Waals surface area (Å²) in [5.74, 6) is 2.55. The lowest BCUT2D eigenvalue weighted by atomic mass is 10.2. The van der Waals surface area contributed by atoms with E-state index in [1.807, 2.05) is 11.8 Å². The van der Waals surface area contributed by atoms with Crippen molar-refractivity contribution in [2.75, 3.05) is 31.7 Å². The molecule has 1 N–H and O–H groups in total. The van der Waals surface area contributed by atoms with Gasteiger partial charge in [0.05, 0.1) is 12.2 Å². The first-order valence-corrected chi connectivity index (χ1v) is 7.43. The van der Waals surface area contributed by atoms with E-state index in [-0.39, 0.29) is 18.6 Å². The topological polar surface area (TPSA) is 62.7 Å². The first-order valence-electron chi connectivity index (χ1n) is 6.27. The van der Waals surface area contributed by atoms with Gasteiger partial charge in [-0.2, -0.15) is 11.8 Å². The monoisotopic (exact) mass is 282 g/mol. The highest BCUT2D eigenvalue weighted by molar-refractivity contribution is 7.99. The third kappa shape index (κ3) is 3.84. The van der Waals surface area contributed by atoms with Crippen LogP contribution in [0.1, 0.15) is 16.8 Å². The van der Waals surface area contributed by atoms with Crippen LogP contribution in [-0.2, 0) is 0 Å². The normalized spacial score (nSPS) is 18.3. The fourth-order valence-electron chi connectivity index (χ4n) is 1.83. The van der Waals surface area contributed by atoms with Crippen LogP contribution in [0.15, 0.2) is 18.3 Å². The minimum atomic E-state index is -0.149. The molecule has 1 aromatic heterocycles. The highest BCUT2D eigenvalue weighted by atomic mass is 32.2. The number of rotatable bonds is 5. The van der Waals surface area contributed by atoms with Crippen molar-refractivity contribution < 1.29 is 14.6 Å². The summed E-state index contributed by atoms with van der Waals surface area (Å²) in [5, 5.41) is 8.80. The lowest BCUT2D eigenvalue weighted by Gasteiger charge is -2.16. The number of aromatic nitrogens is 1. The van der Waals surface area contributed by atoms with Crippen LogP contribution in [-0.4, -0.2) is 58.7 Å². The molecular formula is C13H18N2O3S. The average molecular weight is 282 g/mol. The Morgan fingerprint density at radius 3 is 3.05 bits per heavy atom. The lowest BCUT2D eigenvalue weighted by molar-refractivity contribution is 0.0766. The summed E-state index contributed by atoms with van der Waals surface area (Å²) >= 11 is 1.88. The minimum absolute atomic E-state index is 0.0454. The first-order chi connectivity index (χ1) is 9.20. The van der Waals surface area contributed by atoms with E-state index in [9.17, 15) is 4.79 Å². The predicted molar refractivity (Wildman–Crippen MR) is 74.6 cm³/mol. The van der Waals surface area contributed by atoms with Gasteiger partial charge in [0.1, 0.15) is 6.10 Å². The molecule has 0 radical (unpaired) electrons. The molecule has 1 atom stereocenters. The largest absolute Gasteiger partial charge is 0.473 e. The first kappa shape index (κ1) is 14.1. The van der Waals surface area contributed by atoms with Gasteiger partial charge in [0.2, 0.25) is 5.88 Å². The molecule has 1 saturated heterocycles. The molecule has 0 aliphatic carbocycles. The Morgan fingerprint density at radius 1 is 1.63 bits per heavy atom. The highest BCUT2D eigenvalue weighted by Gasteiger charge is 2.18. The van der Waals surface area contributed by atoms with Gasteiger partial charge >= 0.3 is 0 Å². The molecule has 2 rings (SSSR count). The van der Waals surface area contributed by atoms with Crippen molar-refractivity contribution in [1.82, 2.24) is 9.88 Å². The summed E-state index contributed by atoms with van der Waals surface area (Å²) in [4.78, 5) is 17.5. The van der Waals surface area contributed by atoms with Gasteiger partial charge in [-0.1, -0.05) is 0 Å². The number of carbonyl (C=O) groups is 1. The highest BCUT2D eigenvalue weighted by Crippen LogP contribution is 2.22. The average Bonchev–Trinajstić information content (AvgIpc) is 2.92. The minimum Gasteiger partial charge on any atom is -0.473 e. The van der Waals surface area contributed by atoms with Crippen molar-refractivity contribution in [1.29, 1.82) is 0 Å². The Bertz CT molecular complexity index is 418. The van der Waals surface area contributed by atoms with E-state index >= 15 is 0 Å². The summed E-state index contributed by atoms with van der Waals surface area (Å²) in [7, 11) is 1.65. The Kier molecular flexibility index (Phi) is 5.04. The number of ether oxygens (including phenoxy) is 1. The second-order valence-corrected chi connectivity index (χ2v) is 5.59. The van der Waals surface area contributed by atoms with Crippen LogP contribution >= 0.6 is 11.8 Å². The number of aliphatic hydroxyl groups is 1. The second kappa shape index (κ2) is 6.77. The zero-order chi connectivity index (χ0) is 13.7. The van der Waals surface area contributed by atoms with Gasteiger partial charge in [0, 0.05) is 31.6 Å². The van der Waals surface area contributed by atoms with E-state index in [2.05, 4.69) is 4.98 Å². The zero-order valence-electron chi connectivity index (χ0n) is 10.9. The molecule has 1 fully saturated rings. The van der Waals surface area contributed by atoms with E-state index in [1.165, 1.54) is 11.1 Å². The van der Waals surface area contributed by atoms with Crippen molar-refractivity contribution in [3.63, 3.8) is 0 Å². The lowest BCUT2D eigenvalue weighted by Crippen LogP contribution is -2.29.